The van der Waals surface area contributed by atoms with Gasteiger partial charge in [0.15, 0.2) is 0 Å². The minimum absolute atomic E-state index is 0.895. The molecule has 0 unspecified atom stereocenters. The summed E-state index contributed by atoms with van der Waals surface area (Å²) in [6.07, 6.45) is 0. The Morgan fingerprint density at radius 3 is 2.47 bits per heavy atom. The van der Waals surface area contributed by atoms with Crippen molar-refractivity contribution in [2.75, 3.05) is 32.7 Å². The molecule has 0 saturated carbocycles. The lowest BCUT2D eigenvalue weighted by atomic mass is 10.1. The Labute approximate surface area is 120 Å². The molecule has 1 aliphatic heterocycles. The highest BCUT2D eigenvalue weighted by atomic mass is 32.1. The Bertz CT molecular complexity index is 472. The molecule has 19 heavy (non-hydrogen) atoms. The second kappa shape index (κ2) is 6.92. The Morgan fingerprint density at radius 1 is 1.21 bits per heavy atom. The molecular weight excluding hydrogens is 254 g/mol. The lowest BCUT2D eigenvalue weighted by molar-refractivity contribution is 0.132. The predicted octanol–water partition coefficient (Wildman–Crippen LogP) is 2.87. The summed E-state index contributed by atoms with van der Waals surface area (Å²) >= 11 is 4.63. The number of nitrogens with zero attached hydrogens (tertiary/aromatic N) is 3. The number of aliphatic imine (C=N–C) groups is 1. The van der Waals surface area contributed by atoms with Gasteiger partial charge in [0, 0.05) is 32.7 Å². The third kappa shape index (κ3) is 3.95. The van der Waals surface area contributed by atoms with E-state index in [-0.39, 0.29) is 0 Å². The minimum Gasteiger partial charge on any atom is -0.301 e. The van der Waals surface area contributed by atoms with Gasteiger partial charge in [0.1, 0.15) is 0 Å². The summed E-state index contributed by atoms with van der Waals surface area (Å²) < 4.78 is 0. The van der Waals surface area contributed by atoms with Gasteiger partial charge in [-0.25, -0.2) is 0 Å². The van der Waals surface area contributed by atoms with E-state index in [0.717, 1.165) is 31.9 Å². The van der Waals surface area contributed by atoms with Crippen molar-refractivity contribution in [2.24, 2.45) is 4.99 Å². The van der Waals surface area contributed by atoms with Gasteiger partial charge in [0.05, 0.1) is 10.8 Å². The third-order valence-corrected chi connectivity index (χ3v) is 3.90. The number of piperazine rings is 1. The van der Waals surface area contributed by atoms with Crippen LogP contribution in [0, 0.1) is 6.92 Å². The van der Waals surface area contributed by atoms with Gasteiger partial charge in [-0.15, -0.1) is 0 Å². The van der Waals surface area contributed by atoms with Crippen LogP contribution in [0.1, 0.15) is 18.1 Å². The second-order valence-corrected chi connectivity index (χ2v) is 5.21. The number of hydrogen-bond donors (Lipinski definition) is 0. The van der Waals surface area contributed by atoms with Crippen LogP contribution in [0.25, 0.3) is 0 Å². The molecule has 1 aromatic carbocycles. The molecule has 0 radical (unpaired) electrons. The van der Waals surface area contributed by atoms with Gasteiger partial charge >= 0.3 is 0 Å². The molecule has 0 spiro atoms. The van der Waals surface area contributed by atoms with Crippen LogP contribution < -0.4 is 0 Å². The largest absolute Gasteiger partial charge is 0.301 e. The van der Waals surface area contributed by atoms with E-state index in [1.165, 1.54) is 24.2 Å². The fourth-order valence-corrected chi connectivity index (χ4v) is 2.59. The van der Waals surface area contributed by atoms with E-state index >= 15 is 0 Å². The zero-order valence-electron chi connectivity index (χ0n) is 11.7. The first-order valence-corrected chi connectivity index (χ1v) is 7.26. The smallest absolute Gasteiger partial charge is 0.0742 e. The molecule has 102 valence electrons. The van der Waals surface area contributed by atoms with Crippen LogP contribution in [0.2, 0.25) is 0 Å². The second-order valence-electron chi connectivity index (χ2n) is 5.02. The van der Waals surface area contributed by atoms with Gasteiger partial charge in [-0.2, -0.15) is 4.99 Å². The molecule has 0 aromatic heterocycles. The van der Waals surface area contributed by atoms with Crippen molar-refractivity contribution in [3.8, 4) is 0 Å². The first kappa shape index (κ1) is 14.4. The van der Waals surface area contributed by atoms with Gasteiger partial charge in [0.2, 0.25) is 0 Å². The molecule has 1 aromatic rings. The molecule has 1 saturated heterocycles. The number of isothiocyanates is 1. The third-order valence-electron chi connectivity index (χ3n) is 3.81. The summed E-state index contributed by atoms with van der Waals surface area (Å²) in [5.74, 6) is 0. The van der Waals surface area contributed by atoms with Gasteiger partial charge in [-0.3, -0.25) is 4.90 Å². The molecule has 0 N–H and O–H groups in total. The molecule has 0 bridgehead atoms. The standard InChI is InChI=1S/C15H21N3S/c1-3-17-6-8-18(9-7-17)11-14-4-5-15(16-12-19)10-13(14)2/h4-5,10H,3,6-9,11H2,1-2H3. The van der Waals surface area contributed by atoms with E-state index in [0.29, 0.717) is 0 Å². The van der Waals surface area contributed by atoms with E-state index in [9.17, 15) is 0 Å². The predicted molar refractivity (Wildman–Crippen MR) is 83.3 cm³/mol. The molecule has 1 aliphatic rings. The summed E-state index contributed by atoms with van der Waals surface area (Å²) in [4.78, 5) is 9.05. The molecule has 4 heteroatoms. The normalized spacial score (nSPS) is 17.2. The monoisotopic (exact) mass is 275 g/mol. The summed E-state index contributed by atoms with van der Waals surface area (Å²) in [7, 11) is 0. The number of hydrogen-bond acceptors (Lipinski definition) is 4. The van der Waals surface area contributed by atoms with Crippen molar-refractivity contribution >= 4 is 23.1 Å². The zero-order chi connectivity index (χ0) is 13.7. The lowest BCUT2D eigenvalue weighted by Gasteiger charge is -2.34. The summed E-state index contributed by atoms with van der Waals surface area (Å²) in [5, 5.41) is 2.42. The van der Waals surface area contributed by atoms with Gasteiger partial charge in [-0.1, -0.05) is 13.0 Å². The number of aryl methyl sites for hydroxylation is 1. The van der Waals surface area contributed by atoms with Crippen molar-refractivity contribution in [3.63, 3.8) is 0 Å². The number of benzene rings is 1. The molecular formula is C15H21N3S. The fraction of sp³-hybridized carbons (Fsp3) is 0.533. The average Bonchev–Trinajstić information content (AvgIpc) is 2.43. The van der Waals surface area contributed by atoms with Crippen LogP contribution in [0.15, 0.2) is 23.2 Å². The first-order chi connectivity index (χ1) is 9.22. The van der Waals surface area contributed by atoms with Crippen LogP contribution in [0.4, 0.5) is 5.69 Å². The molecule has 0 atom stereocenters. The number of thiocarbonyl (C=S) groups is 1. The summed E-state index contributed by atoms with van der Waals surface area (Å²) in [6.45, 7) is 11.3. The van der Waals surface area contributed by atoms with Crippen molar-refractivity contribution in [1.29, 1.82) is 0 Å². The quantitative estimate of drug-likeness (QED) is 0.622. The van der Waals surface area contributed by atoms with Gasteiger partial charge < -0.3 is 4.90 Å². The molecule has 1 fully saturated rings. The van der Waals surface area contributed by atoms with Crippen LogP contribution in [-0.2, 0) is 6.54 Å². The van der Waals surface area contributed by atoms with Crippen LogP contribution in [0.3, 0.4) is 0 Å². The minimum atomic E-state index is 0.895. The zero-order valence-corrected chi connectivity index (χ0v) is 12.5. The molecule has 2 rings (SSSR count). The SMILES string of the molecule is CCN1CCN(Cc2ccc(N=C=S)cc2C)CC1. The Balaban J connectivity index is 1.98. The van der Waals surface area contributed by atoms with Crippen LogP contribution >= 0.6 is 12.2 Å². The molecule has 3 nitrogen and oxygen atoms in total. The molecule has 0 aliphatic carbocycles. The van der Waals surface area contributed by atoms with E-state index in [2.05, 4.69) is 58.2 Å². The Morgan fingerprint density at radius 2 is 1.89 bits per heavy atom. The van der Waals surface area contributed by atoms with E-state index in [1.54, 1.807) is 0 Å². The number of likely N-dealkylation sites (N-methyl/N-ethyl adjacent to an activating group) is 1. The molecule has 0 amide bonds. The highest BCUT2D eigenvalue weighted by Gasteiger charge is 2.16. The average molecular weight is 275 g/mol. The van der Waals surface area contributed by atoms with E-state index < -0.39 is 0 Å². The van der Waals surface area contributed by atoms with Crippen molar-refractivity contribution < 1.29 is 0 Å². The highest BCUT2D eigenvalue weighted by Crippen LogP contribution is 2.19. The maximum atomic E-state index is 4.63. The van der Waals surface area contributed by atoms with E-state index in [4.69, 9.17) is 0 Å². The van der Waals surface area contributed by atoms with Crippen LogP contribution in [0.5, 0.6) is 0 Å². The van der Waals surface area contributed by atoms with Crippen LogP contribution in [-0.4, -0.2) is 47.7 Å². The Kier molecular flexibility index (Phi) is 5.23. The van der Waals surface area contributed by atoms with Crippen molar-refractivity contribution in [3.05, 3.63) is 29.3 Å². The van der Waals surface area contributed by atoms with Crippen molar-refractivity contribution in [1.82, 2.24) is 9.80 Å². The maximum absolute atomic E-state index is 4.63. The fourth-order valence-electron chi connectivity index (χ4n) is 2.48. The van der Waals surface area contributed by atoms with Crippen molar-refractivity contribution in [2.45, 2.75) is 20.4 Å². The summed E-state index contributed by atoms with van der Waals surface area (Å²) in [5.41, 5.74) is 3.56. The van der Waals surface area contributed by atoms with Gasteiger partial charge in [-0.05, 0) is 48.9 Å². The number of rotatable bonds is 4. The summed E-state index contributed by atoms with van der Waals surface area (Å²) in [6, 6.07) is 6.26. The Hall–Kier alpha value is -1.06. The topological polar surface area (TPSA) is 18.8 Å². The first-order valence-electron chi connectivity index (χ1n) is 6.85. The van der Waals surface area contributed by atoms with E-state index in [1.807, 2.05) is 6.07 Å². The lowest BCUT2D eigenvalue weighted by Crippen LogP contribution is -2.45. The van der Waals surface area contributed by atoms with Gasteiger partial charge in [0.25, 0.3) is 0 Å². The maximum Gasteiger partial charge on any atom is 0.0742 e. The highest BCUT2D eigenvalue weighted by molar-refractivity contribution is 7.78. The molecule has 1 heterocycles.